The Kier molecular flexibility index (Phi) is 15.0. The zero-order valence-corrected chi connectivity index (χ0v) is 27.5. The summed E-state index contributed by atoms with van der Waals surface area (Å²) in [5, 5.41) is 0. The van der Waals surface area contributed by atoms with E-state index in [1.807, 2.05) is 36.7 Å². The molecular weight excluding hydrogens is 528 g/mol. The molecule has 2 aliphatic carbocycles. The molecule has 1 heterocycles. The summed E-state index contributed by atoms with van der Waals surface area (Å²) >= 11 is 0. The SMILES string of the molecule is CCCCCCCCC[C@H]1CC[C@H](CCc2cnc(-c3ccc(OC(=O)[C@H]4CC[C@H](CCCCC)CC4)cc3)nc2)CC1. The van der Waals surface area contributed by atoms with Crippen LogP contribution in [0.25, 0.3) is 11.4 Å². The molecule has 2 aromatic rings. The van der Waals surface area contributed by atoms with Crippen LogP contribution in [0.5, 0.6) is 5.75 Å². The molecule has 0 N–H and O–H groups in total. The number of ether oxygens (including phenoxy) is 1. The van der Waals surface area contributed by atoms with Gasteiger partial charge in [0.15, 0.2) is 5.82 Å². The van der Waals surface area contributed by atoms with Crippen molar-refractivity contribution in [2.75, 3.05) is 0 Å². The number of aromatic nitrogens is 2. The second-order valence-corrected chi connectivity index (χ2v) is 13.9. The summed E-state index contributed by atoms with van der Waals surface area (Å²) < 4.78 is 5.75. The fourth-order valence-electron chi connectivity index (χ4n) is 7.44. The van der Waals surface area contributed by atoms with E-state index >= 15 is 0 Å². The van der Waals surface area contributed by atoms with E-state index in [1.54, 1.807) is 0 Å². The van der Waals surface area contributed by atoms with Gasteiger partial charge >= 0.3 is 5.97 Å². The van der Waals surface area contributed by atoms with Gasteiger partial charge in [-0.1, -0.05) is 117 Å². The second kappa shape index (κ2) is 19.2. The molecule has 0 aliphatic heterocycles. The van der Waals surface area contributed by atoms with Crippen molar-refractivity contribution in [3.8, 4) is 17.1 Å². The fraction of sp³-hybridized carbons (Fsp3) is 0.718. The monoisotopic (exact) mass is 588 g/mol. The molecule has 238 valence electrons. The number of rotatable bonds is 18. The van der Waals surface area contributed by atoms with Crippen molar-refractivity contribution in [1.29, 1.82) is 0 Å². The van der Waals surface area contributed by atoms with Crippen molar-refractivity contribution in [2.24, 2.45) is 23.7 Å². The molecule has 43 heavy (non-hydrogen) atoms. The van der Waals surface area contributed by atoms with Crippen LogP contribution in [0.15, 0.2) is 36.7 Å². The summed E-state index contributed by atoms with van der Waals surface area (Å²) in [6.45, 7) is 4.55. The van der Waals surface area contributed by atoms with Gasteiger partial charge in [0.05, 0.1) is 5.92 Å². The van der Waals surface area contributed by atoms with Gasteiger partial charge in [0.1, 0.15) is 5.75 Å². The Morgan fingerprint density at radius 2 is 1.14 bits per heavy atom. The third-order valence-electron chi connectivity index (χ3n) is 10.5. The van der Waals surface area contributed by atoms with Crippen LogP contribution < -0.4 is 4.74 Å². The lowest BCUT2D eigenvalue weighted by Gasteiger charge is -2.28. The molecule has 4 rings (SSSR count). The van der Waals surface area contributed by atoms with E-state index in [2.05, 4.69) is 23.8 Å². The van der Waals surface area contributed by atoms with Crippen molar-refractivity contribution in [1.82, 2.24) is 9.97 Å². The number of unbranched alkanes of at least 4 members (excludes halogenated alkanes) is 8. The maximum Gasteiger partial charge on any atom is 0.314 e. The molecule has 0 amide bonds. The molecule has 0 spiro atoms. The van der Waals surface area contributed by atoms with E-state index < -0.39 is 0 Å². The Balaban J connectivity index is 1.11. The summed E-state index contributed by atoms with van der Waals surface area (Å²) in [4.78, 5) is 22.1. The number of carbonyl (C=O) groups excluding carboxylic acids is 1. The van der Waals surface area contributed by atoms with Gasteiger partial charge in [-0.25, -0.2) is 9.97 Å². The fourth-order valence-corrected chi connectivity index (χ4v) is 7.44. The number of esters is 1. The van der Waals surface area contributed by atoms with E-state index in [-0.39, 0.29) is 11.9 Å². The largest absolute Gasteiger partial charge is 0.426 e. The van der Waals surface area contributed by atoms with Gasteiger partial charge in [-0.05, 0) is 86.1 Å². The third kappa shape index (κ3) is 12.0. The first-order chi connectivity index (χ1) is 21.1. The van der Waals surface area contributed by atoms with Gasteiger partial charge in [0, 0.05) is 18.0 Å². The summed E-state index contributed by atoms with van der Waals surface area (Å²) in [6.07, 6.45) is 32.9. The molecule has 2 saturated carbocycles. The van der Waals surface area contributed by atoms with Crippen LogP contribution in [0.1, 0.15) is 154 Å². The van der Waals surface area contributed by atoms with Gasteiger partial charge in [0.25, 0.3) is 0 Å². The first-order valence-electron chi connectivity index (χ1n) is 18.3. The molecule has 4 nitrogen and oxygen atoms in total. The number of aryl methyl sites for hydroxylation is 1. The van der Waals surface area contributed by atoms with Gasteiger partial charge < -0.3 is 4.74 Å². The smallest absolute Gasteiger partial charge is 0.314 e. The topological polar surface area (TPSA) is 52.1 Å². The van der Waals surface area contributed by atoms with Crippen LogP contribution in [-0.4, -0.2) is 15.9 Å². The van der Waals surface area contributed by atoms with Crippen LogP contribution in [-0.2, 0) is 11.2 Å². The summed E-state index contributed by atoms with van der Waals surface area (Å²) in [6, 6.07) is 7.69. The number of carbonyl (C=O) groups is 1. The zero-order chi connectivity index (χ0) is 30.1. The Morgan fingerprint density at radius 1 is 0.651 bits per heavy atom. The van der Waals surface area contributed by atoms with Crippen molar-refractivity contribution in [3.63, 3.8) is 0 Å². The van der Waals surface area contributed by atoms with Crippen molar-refractivity contribution in [2.45, 2.75) is 155 Å². The average Bonchev–Trinajstić information content (AvgIpc) is 3.05. The number of hydrogen-bond donors (Lipinski definition) is 0. The Bertz CT molecular complexity index is 1020. The normalized spacial score (nSPS) is 22.4. The minimum Gasteiger partial charge on any atom is -0.426 e. The van der Waals surface area contributed by atoms with E-state index in [0.29, 0.717) is 5.75 Å². The first kappa shape index (κ1) is 33.7. The van der Waals surface area contributed by atoms with Crippen molar-refractivity contribution >= 4 is 5.97 Å². The second-order valence-electron chi connectivity index (χ2n) is 13.9. The Morgan fingerprint density at radius 3 is 1.74 bits per heavy atom. The average molecular weight is 589 g/mol. The number of benzene rings is 1. The van der Waals surface area contributed by atoms with Crippen molar-refractivity contribution < 1.29 is 9.53 Å². The highest BCUT2D eigenvalue weighted by molar-refractivity contribution is 5.75. The van der Waals surface area contributed by atoms with Crippen LogP contribution in [0.3, 0.4) is 0 Å². The first-order valence-corrected chi connectivity index (χ1v) is 18.3. The zero-order valence-electron chi connectivity index (χ0n) is 27.5. The van der Waals surface area contributed by atoms with E-state index in [1.165, 1.54) is 115 Å². The lowest BCUT2D eigenvalue weighted by molar-refractivity contribution is -0.140. The lowest BCUT2D eigenvalue weighted by Crippen LogP contribution is -2.25. The predicted molar refractivity (Wildman–Crippen MR) is 179 cm³/mol. The van der Waals surface area contributed by atoms with Gasteiger partial charge in [-0.15, -0.1) is 0 Å². The minimum atomic E-state index is -0.0676. The summed E-state index contributed by atoms with van der Waals surface area (Å²) in [5.41, 5.74) is 2.19. The predicted octanol–water partition coefficient (Wildman–Crippen LogP) is 11.3. The third-order valence-corrected chi connectivity index (χ3v) is 10.5. The molecule has 1 aromatic heterocycles. The maximum atomic E-state index is 12.8. The van der Waals surface area contributed by atoms with Crippen molar-refractivity contribution in [3.05, 3.63) is 42.2 Å². The van der Waals surface area contributed by atoms with Crippen LogP contribution in [0, 0.1) is 23.7 Å². The number of nitrogens with zero attached hydrogens (tertiary/aromatic N) is 2. The summed E-state index contributed by atoms with van der Waals surface area (Å²) in [5.74, 6) is 3.96. The molecule has 4 heteroatoms. The highest BCUT2D eigenvalue weighted by Gasteiger charge is 2.27. The molecule has 0 radical (unpaired) electrons. The molecule has 0 saturated heterocycles. The quantitative estimate of drug-likeness (QED) is 0.0987. The molecular formula is C39H60N2O2. The Labute approximate surface area is 263 Å². The molecule has 1 aromatic carbocycles. The molecule has 0 unspecified atom stereocenters. The van der Waals surface area contributed by atoms with Crippen LogP contribution >= 0.6 is 0 Å². The van der Waals surface area contributed by atoms with E-state index in [0.717, 1.165) is 61.2 Å². The van der Waals surface area contributed by atoms with E-state index in [4.69, 9.17) is 4.74 Å². The molecule has 0 atom stereocenters. The molecule has 2 fully saturated rings. The van der Waals surface area contributed by atoms with E-state index in [9.17, 15) is 4.79 Å². The lowest BCUT2D eigenvalue weighted by atomic mass is 9.78. The molecule has 0 bridgehead atoms. The van der Waals surface area contributed by atoms with Crippen LogP contribution in [0.2, 0.25) is 0 Å². The minimum absolute atomic E-state index is 0.0444. The maximum absolute atomic E-state index is 12.8. The Hall–Kier alpha value is -2.23. The summed E-state index contributed by atoms with van der Waals surface area (Å²) in [7, 11) is 0. The highest BCUT2D eigenvalue weighted by atomic mass is 16.5. The highest BCUT2D eigenvalue weighted by Crippen LogP contribution is 2.35. The van der Waals surface area contributed by atoms with Gasteiger partial charge in [0.2, 0.25) is 0 Å². The number of hydrogen-bond acceptors (Lipinski definition) is 4. The molecule has 2 aliphatic rings. The van der Waals surface area contributed by atoms with Crippen LogP contribution in [0.4, 0.5) is 0 Å². The standard InChI is InChI=1S/C39H60N2O2/c1-3-5-7-8-9-10-12-14-31-15-17-33(18-16-31)19-20-34-29-40-38(41-30-34)35-25-27-37(28-26-35)43-39(42)36-23-21-32(22-24-36)13-11-6-4-2/h25-33,36H,3-24H2,1-2H3/t31-,32-,33-,36-. The van der Waals surface area contributed by atoms with Gasteiger partial charge in [-0.3, -0.25) is 4.79 Å². The van der Waals surface area contributed by atoms with Gasteiger partial charge in [-0.2, -0.15) is 0 Å².